The van der Waals surface area contributed by atoms with Crippen LogP contribution < -0.4 is 11.1 Å². The number of amides is 1. The molecule has 1 aliphatic carbocycles. The molecular formula is C16H24N2O. The number of rotatable bonds is 2. The number of anilines is 1. The topological polar surface area (TPSA) is 55.1 Å². The Balaban J connectivity index is 2.06. The van der Waals surface area contributed by atoms with Crippen molar-refractivity contribution in [1.29, 1.82) is 0 Å². The fraction of sp³-hybridized carbons (Fsp3) is 0.562. The van der Waals surface area contributed by atoms with E-state index in [2.05, 4.69) is 19.2 Å². The summed E-state index contributed by atoms with van der Waals surface area (Å²) in [5.41, 5.74) is 8.08. The third-order valence-corrected chi connectivity index (χ3v) is 4.02. The van der Waals surface area contributed by atoms with Crippen LogP contribution in [0.2, 0.25) is 0 Å². The fourth-order valence-electron chi connectivity index (χ4n) is 3.21. The molecule has 19 heavy (non-hydrogen) atoms. The van der Waals surface area contributed by atoms with Crippen LogP contribution in [0.5, 0.6) is 0 Å². The van der Waals surface area contributed by atoms with E-state index in [0.29, 0.717) is 29.1 Å². The molecule has 3 nitrogen and oxygen atoms in total. The molecule has 0 saturated heterocycles. The van der Waals surface area contributed by atoms with Crippen LogP contribution in [0, 0.1) is 18.8 Å². The molecule has 0 aromatic heterocycles. The van der Waals surface area contributed by atoms with Gasteiger partial charge in [-0.25, -0.2) is 0 Å². The maximum atomic E-state index is 12.3. The Hall–Kier alpha value is -1.51. The molecule has 0 aliphatic heterocycles. The van der Waals surface area contributed by atoms with Gasteiger partial charge in [0.2, 0.25) is 0 Å². The van der Waals surface area contributed by atoms with Crippen LogP contribution in [0.3, 0.4) is 0 Å². The minimum absolute atomic E-state index is 0.0103. The van der Waals surface area contributed by atoms with Gasteiger partial charge in [0.25, 0.3) is 5.91 Å². The molecule has 3 heteroatoms. The minimum atomic E-state index is 0.0103. The summed E-state index contributed by atoms with van der Waals surface area (Å²) in [4.78, 5) is 12.3. The van der Waals surface area contributed by atoms with Crippen LogP contribution in [-0.2, 0) is 0 Å². The van der Waals surface area contributed by atoms with Gasteiger partial charge in [-0.1, -0.05) is 19.9 Å². The van der Waals surface area contributed by atoms with Gasteiger partial charge >= 0.3 is 0 Å². The fourth-order valence-corrected chi connectivity index (χ4v) is 3.21. The highest BCUT2D eigenvalue weighted by molar-refractivity contribution is 5.96. The zero-order valence-corrected chi connectivity index (χ0v) is 12.1. The van der Waals surface area contributed by atoms with E-state index in [1.807, 2.05) is 19.1 Å². The lowest BCUT2D eigenvalue weighted by molar-refractivity contribution is 0.0910. The molecule has 1 aromatic rings. The van der Waals surface area contributed by atoms with E-state index in [9.17, 15) is 4.79 Å². The van der Waals surface area contributed by atoms with Crippen LogP contribution in [0.1, 0.15) is 49.0 Å². The summed E-state index contributed by atoms with van der Waals surface area (Å²) in [6.45, 7) is 6.47. The third-order valence-electron chi connectivity index (χ3n) is 4.02. The first kappa shape index (κ1) is 13.9. The molecule has 1 aliphatic rings. The molecule has 0 radical (unpaired) electrons. The third kappa shape index (κ3) is 3.49. The summed E-state index contributed by atoms with van der Waals surface area (Å²) >= 11 is 0. The molecular weight excluding hydrogens is 236 g/mol. The van der Waals surface area contributed by atoms with Crippen molar-refractivity contribution < 1.29 is 4.79 Å². The number of hydrogen-bond donors (Lipinski definition) is 2. The minimum Gasteiger partial charge on any atom is -0.399 e. The molecule has 1 amide bonds. The molecule has 0 heterocycles. The average molecular weight is 260 g/mol. The van der Waals surface area contributed by atoms with Gasteiger partial charge in [-0.3, -0.25) is 4.79 Å². The largest absolute Gasteiger partial charge is 0.399 e. The Morgan fingerprint density at radius 3 is 2.47 bits per heavy atom. The van der Waals surface area contributed by atoms with Crippen molar-refractivity contribution in [2.75, 3.05) is 5.73 Å². The van der Waals surface area contributed by atoms with Crippen LogP contribution in [-0.4, -0.2) is 11.9 Å². The number of carbonyl (C=O) groups is 1. The molecule has 0 bridgehead atoms. The second-order valence-corrected chi connectivity index (χ2v) is 6.16. The van der Waals surface area contributed by atoms with E-state index in [0.717, 1.165) is 18.4 Å². The van der Waals surface area contributed by atoms with E-state index in [-0.39, 0.29) is 5.91 Å². The van der Waals surface area contributed by atoms with Gasteiger partial charge in [0, 0.05) is 17.3 Å². The number of carbonyl (C=O) groups excluding carboxylic acids is 1. The zero-order valence-electron chi connectivity index (χ0n) is 12.1. The predicted octanol–water partition coefficient (Wildman–Crippen LogP) is 3.13. The number of hydrogen-bond acceptors (Lipinski definition) is 2. The van der Waals surface area contributed by atoms with Crippen molar-refractivity contribution in [2.24, 2.45) is 11.8 Å². The number of benzene rings is 1. The highest BCUT2D eigenvalue weighted by atomic mass is 16.1. The number of aryl methyl sites for hydroxylation is 1. The zero-order chi connectivity index (χ0) is 14.0. The first-order chi connectivity index (χ1) is 8.95. The van der Waals surface area contributed by atoms with Gasteiger partial charge in [0.1, 0.15) is 0 Å². The summed E-state index contributed by atoms with van der Waals surface area (Å²) in [5.74, 6) is 1.39. The Morgan fingerprint density at radius 1 is 1.21 bits per heavy atom. The molecule has 1 fully saturated rings. The van der Waals surface area contributed by atoms with Crippen LogP contribution in [0.15, 0.2) is 18.2 Å². The van der Waals surface area contributed by atoms with E-state index >= 15 is 0 Å². The summed E-state index contributed by atoms with van der Waals surface area (Å²) in [5, 5.41) is 3.17. The van der Waals surface area contributed by atoms with Crippen LogP contribution in [0.4, 0.5) is 5.69 Å². The lowest BCUT2D eigenvalue weighted by Gasteiger charge is -2.32. The predicted molar refractivity (Wildman–Crippen MR) is 79.0 cm³/mol. The summed E-state index contributed by atoms with van der Waals surface area (Å²) < 4.78 is 0. The smallest absolute Gasteiger partial charge is 0.251 e. The molecule has 3 N–H and O–H groups in total. The van der Waals surface area contributed by atoms with Gasteiger partial charge in [-0.2, -0.15) is 0 Å². The van der Waals surface area contributed by atoms with Crippen LogP contribution >= 0.6 is 0 Å². The van der Waals surface area contributed by atoms with Crippen LogP contribution in [0.25, 0.3) is 0 Å². The van der Waals surface area contributed by atoms with E-state index < -0.39 is 0 Å². The van der Waals surface area contributed by atoms with E-state index in [1.54, 1.807) is 6.07 Å². The van der Waals surface area contributed by atoms with Gasteiger partial charge in [-0.05, 0) is 55.7 Å². The first-order valence-electron chi connectivity index (χ1n) is 7.12. The molecule has 2 rings (SSSR count). The second-order valence-electron chi connectivity index (χ2n) is 6.16. The molecule has 2 unspecified atom stereocenters. The SMILES string of the molecule is Cc1ccc(N)cc1C(=O)NC1CC(C)CC(C)C1. The quantitative estimate of drug-likeness (QED) is 0.803. The van der Waals surface area contributed by atoms with Gasteiger partial charge in [-0.15, -0.1) is 0 Å². The van der Waals surface area contributed by atoms with Gasteiger partial charge < -0.3 is 11.1 Å². The summed E-state index contributed by atoms with van der Waals surface area (Å²) in [7, 11) is 0. The van der Waals surface area contributed by atoms with Crippen molar-refractivity contribution in [3.8, 4) is 0 Å². The molecule has 1 saturated carbocycles. The highest BCUT2D eigenvalue weighted by Gasteiger charge is 2.25. The Morgan fingerprint density at radius 2 is 1.84 bits per heavy atom. The lowest BCUT2D eigenvalue weighted by Crippen LogP contribution is -2.40. The monoisotopic (exact) mass is 260 g/mol. The lowest BCUT2D eigenvalue weighted by atomic mass is 9.80. The normalized spacial score (nSPS) is 27.0. The number of nitrogens with one attached hydrogen (secondary N) is 1. The Bertz CT molecular complexity index is 460. The van der Waals surface area contributed by atoms with Crippen molar-refractivity contribution in [2.45, 2.75) is 46.1 Å². The standard InChI is InChI=1S/C16H24N2O/c1-10-6-11(2)8-14(7-10)18-16(19)15-9-13(17)5-4-12(15)3/h4-5,9-11,14H,6-8,17H2,1-3H3,(H,18,19). The van der Waals surface area contributed by atoms with Crippen molar-refractivity contribution in [1.82, 2.24) is 5.32 Å². The average Bonchev–Trinajstić information content (AvgIpc) is 2.30. The van der Waals surface area contributed by atoms with Gasteiger partial charge in [0.05, 0.1) is 0 Å². The maximum absolute atomic E-state index is 12.3. The Kier molecular flexibility index (Phi) is 4.13. The first-order valence-corrected chi connectivity index (χ1v) is 7.12. The van der Waals surface area contributed by atoms with Crippen molar-refractivity contribution in [3.63, 3.8) is 0 Å². The summed E-state index contributed by atoms with van der Waals surface area (Å²) in [6.07, 6.45) is 3.43. The molecule has 1 aromatic carbocycles. The van der Waals surface area contributed by atoms with E-state index in [4.69, 9.17) is 5.73 Å². The maximum Gasteiger partial charge on any atom is 0.251 e. The molecule has 2 atom stereocenters. The van der Waals surface area contributed by atoms with E-state index in [1.165, 1.54) is 6.42 Å². The highest BCUT2D eigenvalue weighted by Crippen LogP contribution is 2.28. The number of nitrogens with two attached hydrogens (primary N) is 1. The molecule has 104 valence electrons. The molecule has 0 spiro atoms. The van der Waals surface area contributed by atoms with Crippen molar-refractivity contribution >= 4 is 11.6 Å². The van der Waals surface area contributed by atoms with Gasteiger partial charge in [0.15, 0.2) is 0 Å². The number of nitrogen functional groups attached to an aromatic ring is 1. The van der Waals surface area contributed by atoms with Crippen molar-refractivity contribution in [3.05, 3.63) is 29.3 Å². The summed E-state index contributed by atoms with van der Waals surface area (Å²) in [6, 6.07) is 5.79. The Labute approximate surface area is 115 Å². The second kappa shape index (κ2) is 5.64.